The first-order valence-electron chi connectivity index (χ1n) is 38.8. The maximum Gasteiger partial charge on any atom is 0.472 e. The van der Waals surface area contributed by atoms with Gasteiger partial charge in [-0.3, -0.25) is 37.3 Å². The average Bonchev–Trinajstić information content (AvgIpc) is 0.965. The highest BCUT2D eigenvalue weighted by molar-refractivity contribution is 7.47. The van der Waals surface area contributed by atoms with Gasteiger partial charge in [-0.1, -0.05) is 252 Å². The zero-order valence-electron chi connectivity index (χ0n) is 62.6. The normalized spacial score (nSPS) is 14.6. The molecule has 0 aromatic carbocycles. The lowest BCUT2D eigenvalue weighted by molar-refractivity contribution is -0.161. The van der Waals surface area contributed by atoms with Crippen LogP contribution in [-0.2, 0) is 65.4 Å². The van der Waals surface area contributed by atoms with Crippen molar-refractivity contribution in [3.05, 3.63) is 122 Å². The summed E-state index contributed by atoms with van der Waals surface area (Å²) in [5.74, 6) is -2.26. The summed E-state index contributed by atoms with van der Waals surface area (Å²) >= 11 is 0. The molecule has 100 heavy (non-hydrogen) atoms. The lowest BCUT2D eigenvalue weighted by Gasteiger charge is -2.21. The van der Waals surface area contributed by atoms with Crippen LogP contribution in [0.15, 0.2) is 122 Å². The van der Waals surface area contributed by atoms with Crippen LogP contribution in [0.1, 0.15) is 310 Å². The van der Waals surface area contributed by atoms with E-state index in [1.807, 2.05) is 0 Å². The number of esters is 4. The highest BCUT2D eigenvalue weighted by Crippen LogP contribution is 2.45. The summed E-state index contributed by atoms with van der Waals surface area (Å²) < 4.78 is 68.4. The molecular weight excluding hydrogens is 1310 g/mol. The maximum absolute atomic E-state index is 13.1. The topological polar surface area (TPSA) is 237 Å². The molecule has 0 aliphatic rings. The Morgan fingerprint density at radius 2 is 0.520 bits per heavy atom. The zero-order valence-corrected chi connectivity index (χ0v) is 64.4. The van der Waals surface area contributed by atoms with Gasteiger partial charge in [-0.05, 0) is 154 Å². The Kier molecular flexibility index (Phi) is 69.5. The quantitative estimate of drug-likeness (QED) is 0.0169. The molecule has 17 nitrogen and oxygen atoms in total. The van der Waals surface area contributed by atoms with Crippen LogP contribution in [0.4, 0.5) is 0 Å². The number of phosphoric ester groups is 2. The van der Waals surface area contributed by atoms with Crippen LogP contribution in [0.2, 0.25) is 0 Å². The Morgan fingerprint density at radius 3 is 0.840 bits per heavy atom. The first-order valence-corrected chi connectivity index (χ1v) is 41.8. The van der Waals surface area contributed by atoms with Crippen molar-refractivity contribution in [1.29, 1.82) is 0 Å². The van der Waals surface area contributed by atoms with Crippen LogP contribution in [-0.4, -0.2) is 96.7 Å². The van der Waals surface area contributed by atoms with E-state index in [0.717, 1.165) is 167 Å². The largest absolute Gasteiger partial charge is 0.472 e. The molecule has 0 aliphatic heterocycles. The number of carbonyl (C=O) groups excluding carboxylic acids is 4. The molecule has 0 aliphatic carbocycles. The van der Waals surface area contributed by atoms with Crippen LogP contribution >= 0.6 is 15.6 Å². The van der Waals surface area contributed by atoms with Crippen molar-refractivity contribution in [3.8, 4) is 0 Å². The second-order valence-corrected chi connectivity index (χ2v) is 28.4. The summed E-state index contributed by atoms with van der Waals surface area (Å²) in [5.41, 5.74) is 0. The zero-order chi connectivity index (χ0) is 73.2. The standard InChI is InChI=1S/C81H138O17P2/c1-5-9-13-17-21-25-29-33-36-37-40-43-46-50-54-58-62-66-79(84)92-71-76(97-80(85)67-63-59-55-51-47-41-32-28-24-20-16-12-8-4)73-95-99(87,88)93-69-75(82)70-94-100(89,90)96-74-77(98-81(86)68-64-60-56-52-48-44-39-35-31-27-23-19-15-11-7-3)72-91-78(83)65-61-57-53-49-45-42-38-34-30-26-22-18-14-10-6-2/h9-10,13-14,21-22,25-26,28,32-36,38-40,43,45,49,75-77,82H,5-8,11-12,15-20,23-24,27,29-31,37,41-42,44,46-48,50-74H2,1-4H3,(H,87,88)(H,89,90)/b13-9-,14-10-,25-21-,26-22-,32-28-,36-33-,38-34-,39-35-,43-40-,49-45-. The summed E-state index contributed by atoms with van der Waals surface area (Å²) in [4.78, 5) is 72.9. The maximum atomic E-state index is 13.1. The van der Waals surface area contributed by atoms with E-state index in [0.29, 0.717) is 25.7 Å². The van der Waals surface area contributed by atoms with Gasteiger partial charge in [0, 0.05) is 25.7 Å². The van der Waals surface area contributed by atoms with Crippen molar-refractivity contribution < 1.29 is 80.2 Å². The van der Waals surface area contributed by atoms with Gasteiger partial charge in [0.25, 0.3) is 0 Å². The van der Waals surface area contributed by atoms with Crippen molar-refractivity contribution >= 4 is 39.5 Å². The van der Waals surface area contributed by atoms with E-state index in [1.54, 1.807) is 0 Å². The fourth-order valence-electron chi connectivity index (χ4n) is 10.0. The monoisotopic (exact) mass is 1440 g/mol. The molecule has 0 spiro atoms. The molecule has 0 aromatic heterocycles. The van der Waals surface area contributed by atoms with Crippen LogP contribution in [0.25, 0.3) is 0 Å². The third kappa shape index (κ3) is 71.8. The first kappa shape index (κ1) is 95.5. The number of rotatable bonds is 72. The van der Waals surface area contributed by atoms with E-state index in [-0.39, 0.29) is 25.7 Å². The molecule has 0 radical (unpaired) electrons. The van der Waals surface area contributed by atoms with Gasteiger partial charge in [0.15, 0.2) is 12.2 Å². The number of aliphatic hydroxyl groups is 1. The summed E-state index contributed by atoms with van der Waals surface area (Å²) in [7, 11) is -9.98. The highest BCUT2D eigenvalue weighted by Gasteiger charge is 2.30. The Balaban J connectivity index is 5.41. The first-order chi connectivity index (χ1) is 48.7. The van der Waals surface area contributed by atoms with Gasteiger partial charge < -0.3 is 33.8 Å². The fraction of sp³-hybridized carbons (Fsp3) is 0.704. The predicted octanol–water partition coefficient (Wildman–Crippen LogP) is 22.3. The minimum atomic E-state index is -4.99. The number of aliphatic hydroxyl groups excluding tert-OH is 1. The van der Waals surface area contributed by atoms with Gasteiger partial charge in [-0.2, -0.15) is 0 Å². The highest BCUT2D eigenvalue weighted by atomic mass is 31.2. The number of allylic oxidation sites excluding steroid dienone is 20. The minimum absolute atomic E-state index is 0.0739. The molecule has 0 fully saturated rings. The minimum Gasteiger partial charge on any atom is -0.462 e. The molecule has 3 N–H and O–H groups in total. The molecule has 574 valence electrons. The van der Waals surface area contributed by atoms with Crippen LogP contribution in [0, 0.1) is 0 Å². The van der Waals surface area contributed by atoms with Gasteiger partial charge in [0.05, 0.1) is 26.4 Å². The smallest absolute Gasteiger partial charge is 0.462 e. The molecule has 19 heteroatoms. The lowest BCUT2D eigenvalue weighted by Crippen LogP contribution is -2.30. The Bertz CT molecular complexity index is 2370. The molecule has 0 heterocycles. The lowest BCUT2D eigenvalue weighted by atomic mass is 10.1. The van der Waals surface area contributed by atoms with E-state index in [4.69, 9.17) is 37.0 Å². The number of hydrogen-bond donors (Lipinski definition) is 3. The predicted molar refractivity (Wildman–Crippen MR) is 408 cm³/mol. The van der Waals surface area contributed by atoms with Crippen LogP contribution in [0.5, 0.6) is 0 Å². The molecule has 5 unspecified atom stereocenters. The summed E-state index contributed by atoms with van der Waals surface area (Å²) in [6, 6.07) is 0. The van der Waals surface area contributed by atoms with E-state index in [9.17, 15) is 43.2 Å². The number of phosphoric acid groups is 2. The third-order valence-corrected chi connectivity index (χ3v) is 17.8. The number of hydrogen-bond acceptors (Lipinski definition) is 15. The fourth-order valence-corrected chi connectivity index (χ4v) is 11.6. The summed E-state index contributed by atoms with van der Waals surface area (Å²) in [6.45, 7) is 4.54. The van der Waals surface area contributed by atoms with E-state index >= 15 is 0 Å². The van der Waals surface area contributed by atoms with Crippen molar-refractivity contribution in [2.24, 2.45) is 0 Å². The van der Waals surface area contributed by atoms with Gasteiger partial charge in [0.1, 0.15) is 19.3 Å². The van der Waals surface area contributed by atoms with E-state index in [1.165, 1.54) is 64.2 Å². The molecular formula is C81H138O17P2. The number of carbonyl (C=O) groups is 4. The van der Waals surface area contributed by atoms with Gasteiger partial charge >= 0.3 is 39.5 Å². The Labute approximate surface area is 606 Å². The SMILES string of the molecule is CC/C=C\C/C=C\C/C=C\C/C=C\CCCCCCC(=O)OCC(COP(=O)(O)OCC(O)COP(=O)(O)OCC(COC(=O)CCCC/C=C\C/C=C\C/C=C\C/C=C\CC)OC(=O)CCCCCCC/C=C\CCCCCCCC)OC(=O)CCCCCCC/C=C\CCCCCC. The second-order valence-electron chi connectivity index (χ2n) is 25.5. The van der Waals surface area contributed by atoms with Gasteiger partial charge in [-0.25, -0.2) is 9.13 Å². The number of ether oxygens (including phenoxy) is 4. The van der Waals surface area contributed by atoms with Crippen LogP contribution < -0.4 is 0 Å². The van der Waals surface area contributed by atoms with Crippen LogP contribution in [0.3, 0.4) is 0 Å². The van der Waals surface area contributed by atoms with Crippen molar-refractivity contribution in [1.82, 2.24) is 0 Å². The van der Waals surface area contributed by atoms with Gasteiger partial charge in [-0.15, -0.1) is 0 Å². The van der Waals surface area contributed by atoms with Crippen molar-refractivity contribution in [2.45, 2.75) is 329 Å². The molecule has 0 saturated heterocycles. The third-order valence-electron chi connectivity index (χ3n) is 15.9. The summed E-state index contributed by atoms with van der Waals surface area (Å²) in [6.07, 6.45) is 79.0. The van der Waals surface area contributed by atoms with E-state index in [2.05, 4.69) is 149 Å². The van der Waals surface area contributed by atoms with Gasteiger partial charge in [0.2, 0.25) is 0 Å². The Morgan fingerprint density at radius 1 is 0.290 bits per heavy atom. The van der Waals surface area contributed by atoms with E-state index < -0.39 is 97.5 Å². The molecule has 0 amide bonds. The molecule has 0 saturated carbocycles. The second kappa shape index (κ2) is 72.8. The molecule has 0 rings (SSSR count). The molecule has 0 aromatic rings. The number of unbranched alkanes of at least 4 members (excludes halogenated alkanes) is 26. The average molecular weight is 1450 g/mol. The summed E-state index contributed by atoms with van der Waals surface area (Å²) in [5, 5.41) is 10.6. The Hall–Kier alpha value is -4.54. The van der Waals surface area contributed by atoms with Crippen molar-refractivity contribution in [2.75, 3.05) is 39.6 Å². The molecule has 0 bridgehead atoms. The van der Waals surface area contributed by atoms with Crippen molar-refractivity contribution in [3.63, 3.8) is 0 Å². The molecule has 5 atom stereocenters.